The van der Waals surface area contributed by atoms with Crippen molar-refractivity contribution in [2.24, 2.45) is 5.92 Å². The van der Waals surface area contributed by atoms with E-state index in [1.807, 2.05) is 0 Å². The van der Waals surface area contributed by atoms with Crippen molar-refractivity contribution in [1.29, 1.82) is 0 Å². The van der Waals surface area contributed by atoms with Crippen LogP contribution in [0, 0.1) is 5.92 Å². The Morgan fingerprint density at radius 3 is 2.59 bits per heavy atom. The van der Waals surface area contributed by atoms with Gasteiger partial charge in [-0.25, -0.2) is 0 Å². The van der Waals surface area contributed by atoms with Crippen molar-refractivity contribution >= 4 is 64.1 Å². The van der Waals surface area contributed by atoms with Crippen molar-refractivity contribution in [3.05, 3.63) is 72.1 Å². The van der Waals surface area contributed by atoms with Crippen LogP contribution in [0.1, 0.15) is 21.9 Å². The number of hydrogen-bond acceptors (Lipinski definition) is 8. The number of carbonyl (C=O) groups excluding carboxylic acids is 2. The van der Waals surface area contributed by atoms with E-state index in [4.69, 9.17) is 32.7 Å². The third-order valence-electron chi connectivity index (χ3n) is 6.15. The maximum atomic E-state index is 13.3. The molecule has 2 amide bonds. The molecule has 1 saturated heterocycles. The average molecular weight is 581 g/mol. The fourth-order valence-electron chi connectivity index (χ4n) is 4.52. The first-order valence-corrected chi connectivity index (χ1v) is 13.3. The van der Waals surface area contributed by atoms with Crippen LogP contribution in [0.15, 0.2) is 46.2 Å². The minimum Gasteiger partial charge on any atom is -0.493 e. The maximum Gasteiger partial charge on any atom is 0.323 e. The number of nitrogens with zero attached hydrogens (tertiary/aromatic N) is 1. The highest BCUT2D eigenvalue weighted by atomic mass is 35.5. The van der Waals surface area contributed by atoms with E-state index in [2.05, 4.69) is 4.98 Å². The van der Waals surface area contributed by atoms with Crippen molar-refractivity contribution in [1.82, 2.24) is 9.88 Å². The number of aromatic nitrogens is 1. The Morgan fingerprint density at radius 1 is 1.11 bits per heavy atom. The zero-order chi connectivity index (χ0) is 26.4. The molecule has 5 rings (SSSR count). The maximum absolute atomic E-state index is 13.3. The van der Waals surface area contributed by atoms with E-state index in [1.54, 1.807) is 36.4 Å². The molecule has 3 heterocycles. The smallest absolute Gasteiger partial charge is 0.323 e. The van der Waals surface area contributed by atoms with Crippen LogP contribution >= 0.6 is 46.3 Å². The Hall–Kier alpha value is -2.99. The third-order valence-corrected chi connectivity index (χ3v) is 9.14. The highest BCUT2D eigenvalue weighted by Crippen LogP contribution is 2.53. The molecule has 0 unspecified atom stereocenters. The second kappa shape index (κ2) is 10.1. The van der Waals surface area contributed by atoms with Crippen molar-refractivity contribution in [2.75, 3.05) is 13.7 Å². The number of benzene rings is 2. The van der Waals surface area contributed by atoms with Crippen LogP contribution in [0.4, 0.5) is 0 Å². The molecule has 2 aliphatic rings. The number of carbonyl (C=O) groups is 3. The van der Waals surface area contributed by atoms with Gasteiger partial charge in [0.15, 0.2) is 11.5 Å². The zero-order valence-electron chi connectivity index (χ0n) is 19.0. The number of aliphatic carboxylic acids is 1. The molecule has 3 atom stereocenters. The number of thiazole rings is 1. The Labute approximate surface area is 228 Å². The molecule has 2 aromatic carbocycles. The summed E-state index contributed by atoms with van der Waals surface area (Å²) >= 11 is 14.2. The summed E-state index contributed by atoms with van der Waals surface area (Å²) in [5.74, 6) is -3.19. The molecule has 37 heavy (non-hydrogen) atoms. The Morgan fingerprint density at radius 2 is 1.89 bits per heavy atom. The van der Waals surface area contributed by atoms with E-state index >= 15 is 0 Å². The highest BCUT2D eigenvalue weighted by molar-refractivity contribution is 8.00. The van der Waals surface area contributed by atoms with Gasteiger partial charge in [0.05, 0.1) is 18.1 Å². The number of halogens is 2. The molecule has 1 fully saturated rings. The molecular formula is C24H18Cl2N2O7S2. The quantitative estimate of drug-likeness (QED) is 0.401. The third kappa shape index (κ3) is 4.72. The second-order valence-electron chi connectivity index (χ2n) is 8.34. The monoisotopic (exact) mass is 580 g/mol. The molecule has 0 spiro atoms. The molecule has 1 aromatic heterocycles. The average Bonchev–Trinajstić information content (AvgIpc) is 3.33. The molecule has 0 saturated carbocycles. The topological polar surface area (TPSA) is 126 Å². The number of H-pyrrole nitrogens is 1. The van der Waals surface area contributed by atoms with E-state index in [9.17, 15) is 24.3 Å². The number of methoxy groups -OCH3 is 1. The predicted octanol–water partition coefficient (Wildman–Crippen LogP) is 4.01. The number of rotatable bonds is 7. The van der Waals surface area contributed by atoms with Gasteiger partial charge >= 0.3 is 10.8 Å². The normalized spacial score (nSPS) is 20.5. The van der Waals surface area contributed by atoms with Gasteiger partial charge in [0, 0.05) is 26.4 Å². The second-order valence-corrected chi connectivity index (χ2v) is 11.4. The molecular weight excluding hydrogens is 563 g/mol. The first kappa shape index (κ1) is 25.7. The van der Waals surface area contributed by atoms with E-state index in [0.717, 1.165) is 33.6 Å². The molecule has 3 aromatic rings. The molecule has 192 valence electrons. The first-order chi connectivity index (χ1) is 17.7. The Kier molecular flexibility index (Phi) is 6.97. The summed E-state index contributed by atoms with van der Waals surface area (Å²) in [7, 11) is 1.47. The molecule has 0 aliphatic carbocycles. The summed E-state index contributed by atoms with van der Waals surface area (Å²) in [5.41, 5.74) is 1.35. The molecule has 2 N–H and O–H groups in total. The number of nitrogens with one attached hydrogen (secondary N) is 1. The summed E-state index contributed by atoms with van der Waals surface area (Å²) in [4.78, 5) is 53.6. The molecule has 0 radical (unpaired) electrons. The highest BCUT2D eigenvalue weighted by Gasteiger charge is 2.56. The van der Waals surface area contributed by atoms with Gasteiger partial charge in [-0.05, 0) is 29.8 Å². The number of carboxylic acids is 1. The summed E-state index contributed by atoms with van der Waals surface area (Å²) in [6.07, 6.45) is 0. The van der Waals surface area contributed by atoms with Crippen LogP contribution in [-0.4, -0.2) is 51.7 Å². The van der Waals surface area contributed by atoms with E-state index in [-0.39, 0.29) is 11.5 Å². The van der Waals surface area contributed by atoms with Gasteiger partial charge < -0.3 is 19.6 Å². The summed E-state index contributed by atoms with van der Waals surface area (Å²) in [6.45, 7) is -0.567. The number of ether oxygens (including phenoxy) is 2. The minimum atomic E-state index is -1.28. The summed E-state index contributed by atoms with van der Waals surface area (Å²) in [5, 5.41) is 9.82. The van der Waals surface area contributed by atoms with Crippen LogP contribution in [0.2, 0.25) is 10.0 Å². The number of aromatic amines is 1. The van der Waals surface area contributed by atoms with E-state index in [1.165, 1.54) is 7.11 Å². The van der Waals surface area contributed by atoms with Gasteiger partial charge in [-0.2, -0.15) is 0 Å². The number of thioether (sulfide) groups is 1. The minimum absolute atomic E-state index is 0.150. The van der Waals surface area contributed by atoms with Gasteiger partial charge in [0.2, 0.25) is 11.8 Å². The number of imide groups is 1. The van der Waals surface area contributed by atoms with Crippen molar-refractivity contribution in [2.45, 2.75) is 22.8 Å². The van der Waals surface area contributed by atoms with Crippen molar-refractivity contribution in [3.63, 3.8) is 0 Å². The Balaban J connectivity index is 1.50. The molecule has 2 aliphatic heterocycles. The predicted molar refractivity (Wildman–Crippen MR) is 138 cm³/mol. The fraction of sp³-hybridized carbons (Fsp3) is 0.250. The number of carboxylic acid groups (broad SMARTS) is 1. The van der Waals surface area contributed by atoms with Crippen molar-refractivity contribution < 1.29 is 29.0 Å². The van der Waals surface area contributed by atoms with Gasteiger partial charge in [-0.15, -0.1) is 0 Å². The number of likely N-dealkylation sites (tertiary alicyclic amines) is 1. The van der Waals surface area contributed by atoms with Gasteiger partial charge in [0.25, 0.3) is 0 Å². The Bertz CT molecular complexity index is 1490. The molecule has 9 nitrogen and oxygen atoms in total. The lowest BCUT2D eigenvalue weighted by Gasteiger charge is -2.30. The van der Waals surface area contributed by atoms with Crippen LogP contribution < -0.4 is 14.3 Å². The molecule has 13 heteroatoms. The standard InChI is InChI=1S/C24H18Cl2N2O7S2/c1-34-15-6-10(3-5-14(15)35-9-11-2-4-12(25)7-13(11)26)17-18-20(36-21-19(17)37-24(33)27-21)23(32)28(22(18)31)8-16(29)30/h2-7,17-18,20H,8-9H2,1H3,(H,27,33)(H,29,30)/t17-,18+,20-/m0/s1. The lowest BCUT2D eigenvalue weighted by atomic mass is 9.83. The SMILES string of the molecule is COc1cc([C@@H]2c3sc(=O)[nH]c3S[C@@H]3C(=O)N(CC(=O)O)C(=O)[C@H]23)ccc1OCc1ccc(Cl)cc1Cl. The zero-order valence-corrected chi connectivity index (χ0v) is 22.2. The molecule has 0 bridgehead atoms. The van der Waals surface area contributed by atoms with Crippen LogP contribution in [0.5, 0.6) is 11.5 Å². The van der Waals surface area contributed by atoms with E-state index < -0.39 is 41.4 Å². The summed E-state index contributed by atoms with van der Waals surface area (Å²) < 4.78 is 11.5. The van der Waals surface area contributed by atoms with Crippen molar-refractivity contribution in [3.8, 4) is 11.5 Å². The summed E-state index contributed by atoms with van der Waals surface area (Å²) in [6, 6.07) is 10.2. The largest absolute Gasteiger partial charge is 0.493 e. The number of amides is 2. The lowest BCUT2D eigenvalue weighted by molar-refractivity contribution is -0.149. The van der Waals surface area contributed by atoms with Gasteiger partial charge in [0.1, 0.15) is 18.4 Å². The van der Waals surface area contributed by atoms with E-state index in [0.29, 0.717) is 37.0 Å². The van der Waals surface area contributed by atoms with Gasteiger partial charge in [-0.1, -0.05) is 58.4 Å². The first-order valence-electron chi connectivity index (χ1n) is 10.9. The fourth-order valence-corrected chi connectivity index (χ4v) is 7.52. The lowest BCUT2D eigenvalue weighted by Crippen LogP contribution is -2.36. The number of hydrogen-bond donors (Lipinski definition) is 2. The van der Waals surface area contributed by atoms with Gasteiger partial charge in [-0.3, -0.25) is 24.1 Å². The van der Waals surface area contributed by atoms with Crippen LogP contribution in [0.25, 0.3) is 0 Å². The van der Waals surface area contributed by atoms with Crippen LogP contribution in [0.3, 0.4) is 0 Å². The van der Waals surface area contributed by atoms with Crippen LogP contribution in [-0.2, 0) is 21.0 Å². The number of fused-ring (bicyclic) bond motifs is 2.